The first-order valence-electron chi connectivity index (χ1n) is 13.0. The second kappa shape index (κ2) is 11.4. The maximum absolute atomic E-state index is 14.0. The summed E-state index contributed by atoms with van der Waals surface area (Å²) in [6.45, 7) is 0.643. The number of hydrogen-bond acceptors (Lipinski definition) is 5. The van der Waals surface area contributed by atoms with Crippen LogP contribution in [0.15, 0.2) is 84.9 Å². The standard InChI is InChI=1S/C30H31F3N2O4/c1-38-25-15-9-8-14-22(25)18-35(39-30(31,32)33)27-23-16-17-34(19-24(23)29(36)37)28(27)26(20-10-4-2-5-11-20)21-12-6-3-7-13-21/h2-15,23-24,26-28H,16-19H2,1H3,(H,36,37)/t23-,24+,27+,28+/m1/s1. The molecule has 3 aliphatic heterocycles. The summed E-state index contributed by atoms with van der Waals surface area (Å²) in [6, 6.07) is 24.9. The molecule has 39 heavy (non-hydrogen) atoms. The van der Waals surface area contributed by atoms with Gasteiger partial charge in [0.2, 0.25) is 0 Å². The molecule has 206 valence electrons. The number of carboxylic acid groups (broad SMARTS) is 1. The molecule has 0 amide bonds. The van der Waals surface area contributed by atoms with Gasteiger partial charge in [-0.25, -0.2) is 0 Å². The number of rotatable bonds is 9. The highest BCUT2D eigenvalue weighted by Gasteiger charge is 2.56. The number of alkyl halides is 3. The first-order chi connectivity index (χ1) is 18.8. The Balaban J connectivity index is 1.66. The van der Waals surface area contributed by atoms with Crippen LogP contribution in [0.25, 0.3) is 0 Å². The number of carbonyl (C=O) groups is 1. The van der Waals surface area contributed by atoms with E-state index in [9.17, 15) is 23.1 Å². The molecule has 3 aromatic rings. The molecule has 1 unspecified atom stereocenters. The number of benzene rings is 3. The van der Waals surface area contributed by atoms with E-state index in [0.717, 1.165) is 16.2 Å². The van der Waals surface area contributed by atoms with Crippen LogP contribution in [-0.4, -0.2) is 59.7 Å². The van der Waals surface area contributed by atoms with Gasteiger partial charge in [-0.3, -0.25) is 9.69 Å². The van der Waals surface area contributed by atoms with Crippen LogP contribution in [0.3, 0.4) is 0 Å². The van der Waals surface area contributed by atoms with Gasteiger partial charge < -0.3 is 9.84 Å². The highest BCUT2D eigenvalue weighted by molar-refractivity contribution is 5.71. The zero-order valence-corrected chi connectivity index (χ0v) is 21.5. The van der Waals surface area contributed by atoms with Gasteiger partial charge in [0.25, 0.3) is 0 Å². The maximum atomic E-state index is 14.0. The predicted octanol–water partition coefficient (Wildman–Crippen LogP) is 5.55. The number of para-hydroxylation sites is 1. The molecule has 0 radical (unpaired) electrons. The third-order valence-electron chi connectivity index (χ3n) is 7.96. The molecule has 3 aromatic carbocycles. The molecule has 0 aromatic heterocycles. The summed E-state index contributed by atoms with van der Waals surface area (Å²) in [5.74, 6) is -2.25. The molecule has 0 saturated carbocycles. The Morgan fingerprint density at radius 3 is 2.15 bits per heavy atom. The van der Waals surface area contributed by atoms with Crippen molar-refractivity contribution in [1.29, 1.82) is 0 Å². The third-order valence-corrected chi connectivity index (χ3v) is 7.96. The maximum Gasteiger partial charge on any atom is 0.539 e. The van der Waals surface area contributed by atoms with Crippen molar-refractivity contribution in [2.45, 2.75) is 37.3 Å². The molecule has 0 aliphatic carbocycles. The van der Waals surface area contributed by atoms with Crippen molar-refractivity contribution >= 4 is 5.97 Å². The largest absolute Gasteiger partial charge is 0.539 e. The number of fused-ring (bicyclic) bond motifs is 3. The Morgan fingerprint density at radius 2 is 1.59 bits per heavy atom. The number of nitrogens with zero attached hydrogens (tertiary/aromatic N) is 2. The van der Waals surface area contributed by atoms with Crippen LogP contribution in [0.5, 0.6) is 5.75 Å². The van der Waals surface area contributed by atoms with Crippen molar-refractivity contribution in [1.82, 2.24) is 9.96 Å². The molecule has 5 atom stereocenters. The van der Waals surface area contributed by atoms with Crippen molar-refractivity contribution < 1.29 is 32.6 Å². The molecular formula is C30H31F3N2O4. The van der Waals surface area contributed by atoms with Crippen molar-refractivity contribution in [3.8, 4) is 5.75 Å². The van der Waals surface area contributed by atoms with E-state index in [4.69, 9.17) is 9.57 Å². The van der Waals surface area contributed by atoms with E-state index < -0.39 is 36.3 Å². The summed E-state index contributed by atoms with van der Waals surface area (Å²) >= 11 is 0. The van der Waals surface area contributed by atoms with Crippen molar-refractivity contribution in [2.24, 2.45) is 11.8 Å². The van der Waals surface area contributed by atoms with E-state index in [-0.39, 0.29) is 19.0 Å². The van der Waals surface area contributed by atoms with Gasteiger partial charge >= 0.3 is 12.3 Å². The summed E-state index contributed by atoms with van der Waals surface area (Å²) in [5.41, 5.74) is 2.41. The fourth-order valence-electron chi connectivity index (χ4n) is 6.44. The highest BCUT2D eigenvalue weighted by Crippen LogP contribution is 2.47. The Kier molecular flexibility index (Phi) is 7.93. The number of halogens is 3. The van der Waals surface area contributed by atoms with Crippen LogP contribution in [0, 0.1) is 11.8 Å². The number of methoxy groups -OCH3 is 1. The van der Waals surface area contributed by atoms with Crippen molar-refractivity contribution in [2.75, 3.05) is 20.2 Å². The van der Waals surface area contributed by atoms with Gasteiger partial charge in [0.05, 0.1) is 25.6 Å². The molecule has 3 fully saturated rings. The molecule has 6 rings (SSSR count). The van der Waals surface area contributed by atoms with Gasteiger partial charge in [-0.2, -0.15) is 9.90 Å². The minimum absolute atomic E-state index is 0.225. The van der Waals surface area contributed by atoms with Crippen LogP contribution in [-0.2, 0) is 16.2 Å². The fourth-order valence-corrected chi connectivity index (χ4v) is 6.44. The first-order valence-corrected chi connectivity index (χ1v) is 13.0. The van der Waals surface area contributed by atoms with Gasteiger partial charge in [0.1, 0.15) is 5.75 Å². The van der Waals surface area contributed by atoms with Gasteiger partial charge in [-0.1, -0.05) is 78.9 Å². The Hall–Kier alpha value is -3.40. The molecule has 3 heterocycles. The zero-order valence-electron chi connectivity index (χ0n) is 21.5. The second-order valence-electron chi connectivity index (χ2n) is 10.1. The van der Waals surface area contributed by atoms with E-state index in [1.165, 1.54) is 7.11 Å². The molecule has 9 heteroatoms. The summed E-state index contributed by atoms with van der Waals surface area (Å²) in [7, 11) is 1.46. The van der Waals surface area contributed by atoms with Crippen LogP contribution in [0.1, 0.15) is 29.0 Å². The van der Waals surface area contributed by atoms with E-state index in [1.807, 2.05) is 65.6 Å². The zero-order chi connectivity index (χ0) is 27.6. The minimum Gasteiger partial charge on any atom is -0.496 e. The highest BCUT2D eigenvalue weighted by atomic mass is 19.4. The average Bonchev–Trinajstić information content (AvgIpc) is 2.94. The van der Waals surface area contributed by atoms with E-state index in [0.29, 0.717) is 24.3 Å². The van der Waals surface area contributed by atoms with Crippen LogP contribution in [0.4, 0.5) is 13.2 Å². The monoisotopic (exact) mass is 540 g/mol. The summed E-state index contributed by atoms with van der Waals surface area (Å²) in [5, 5.41) is 11.1. The summed E-state index contributed by atoms with van der Waals surface area (Å²) in [6.07, 6.45) is -4.51. The lowest BCUT2D eigenvalue weighted by molar-refractivity contribution is -0.434. The fraction of sp³-hybridized carbons (Fsp3) is 0.367. The molecule has 0 spiro atoms. The molecule has 3 aliphatic rings. The van der Waals surface area contributed by atoms with E-state index >= 15 is 0 Å². The molecule has 1 N–H and O–H groups in total. The van der Waals surface area contributed by atoms with Crippen LogP contribution in [0.2, 0.25) is 0 Å². The molecule has 3 saturated heterocycles. The SMILES string of the molecule is COc1ccccc1CN(OC(F)(F)F)[C@H]1[C@@H]2CCN(C[C@@H]2C(=O)O)[C@H]1C(c1ccccc1)c1ccccc1. The van der Waals surface area contributed by atoms with Gasteiger partial charge in [0.15, 0.2) is 0 Å². The van der Waals surface area contributed by atoms with E-state index in [1.54, 1.807) is 24.3 Å². The quantitative estimate of drug-likeness (QED) is 0.359. The molecule has 2 bridgehead atoms. The van der Waals surface area contributed by atoms with E-state index in [2.05, 4.69) is 0 Å². The van der Waals surface area contributed by atoms with Gasteiger partial charge in [0, 0.05) is 24.1 Å². The molecular weight excluding hydrogens is 509 g/mol. The van der Waals surface area contributed by atoms with Crippen LogP contribution < -0.4 is 4.74 Å². The predicted molar refractivity (Wildman–Crippen MR) is 139 cm³/mol. The topological polar surface area (TPSA) is 62.2 Å². The smallest absolute Gasteiger partial charge is 0.496 e. The number of piperidine rings is 3. The third kappa shape index (κ3) is 5.80. The van der Waals surface area contributed by atoms with Crippen molar-refractivity contribution in [3.63, 3.8) is 0 Å². The Bertz CT molecular complexity index is 1220. The summed E-state index contributed by atoms with van der Waals surface area (Å²) in [4.78, 5) is 19.2. The lowest BCUT2D eigenvalue weighted by Gasteiger charge is -2.58. The average molecular weight is 541 g/mol. The van der Waals surface area contributed by atoms with Crippen LogP contribution >= 0.6 is 0 Å². The van der Waals surface area contributed by atoms with Gasteiger partial charge in [-0.15, -0.1) is 13.2 Å². The summed E-state index contributed by atoms with van der Waals surface area (Å²) < 4.78 is 47.4. The first kappa shape index (κ1) is 27.2. The number of hydroxylamine groups is 2. The van der Waals surface area contributed by atoms with Gasteiger partial charge in [-0.05, 0) is 36.1 Å². The number of carboxylic acids is 1. The second-order valence-corrected chi connectivity index (χ2v) is 10.1. The number of hydrogen-bond donors (Lipinski definition) is 1. The molecule has 6 nitrogen and oxygen atoms in total. The normalized spacial score (nSPS) is 24.7. The Labute approximate surface area is 225 Å². The number of ether oxygens (including phenoxy) is 1. The lowest BCUT2D eigenvalue weighted by atomic mass is 9.66. The number of aliphatic carboxylic acids is 1. The Morgan fingerprint density at radius 1 is 1.00 bits per heavy atom. The minimum atomic E-state index is -4.97. The van der Waals surface area contributed by atoms with Crippen molar-refractivity contribution in [3.05, 3.63) is 102 Å². The lowest BCUT2D eigenvalue weighted by Crippen LogP contribution is -2.69.